The smallest absolute Gasteiger partial charge is 0.235 e. The molecular weight excluding hydrogens is 769 g/mol. The lowest BCUT2D eigenvalue weighted by molar-refractivity contribution is 0.669. The van der Waals surface area contributed by atoms with Crippen LogP contribution >= 0.6 is 0 Å². The lowest BCUT2D eigenvalue weighted by Gasteiger charge is -2.12. The first-order valence-electron chi connectivity index (χ1n) is 21.3. The highest BCUT2D eigenvalue weighted by molar-refractivity contribution is 6.16. The predicted molar refractivity (Wildman–Crippen MR) is 260 cm³/mol. The Labute approximate surface area is 362 Å². The van der Waals surface area contributed by atoms with Crippen molar-refractivity contribution >= 4 is 65.6 Å². The van der Waals surface area contributed by atoms with E-state index in [9.17, 15) is 0 Å². The molecule has 0 atom stereocenters. The van der Waals surface area contributed by atoms with Gasteiger partial charge in [0, 0.05) is 49.1 Å². The van der Waals surface area contributed by atoms with Gasteiger partial charge in [-0.1, -0.05) is 146 Å². The molecule has 5 heteroatoms. The van der Waals surface area contributed by atoms with Crippen LogP contribution in [0.2, 0.25) is 0 Å². The van der Waals surface area contributed by atoms with Crippen molar-refractivity contribution in [3.05, 3.63) is 218 Å². The lowest BCUT2D eigenvalue weighted by atomic mass is 9.96. The van der Waals surface area contributed by atoms with Crippen LogP contribution in [0.4, 0.5) is 0 Å². The highest BCUT2D eigenvalue weighted by atomic mass is 16.3. The van der Waals surface area contributed by atoms with Crippen molar-refractivity contribution in [2.75, 3.05) is 0 Å². The van der Waals surface area contributed by atoms with Gasteiger partial charge in [-0.2, -0.15) is 0 Å². The molecule has 0 amide bonds. The Balaban J connectivity index is 0.962. The normalized spacial score (nSPS) is 11.8. The fraction of sp³-hybridized carbons (Fsp3) is 0. The number of nitrogens with zero attached hydrogens (tertiary/aromatic N) is 4. The maximum absolute atomic E-state index is 6.57. The van der Waals surface area contributed by atoms with Gasteiger partial charge >= 0.3 is 0 Å². The molecule has 0 saturated carbocycles. The van der Waals surface area contributed by atoms with Gasteiger partial charge in [0.1, 0.15) is 11.2 Å². The molecule has 4 heterocycles. The molecule has 294 valence electrons. The standard InChI is InChI=1S/C58H36N4O/c1-4-15-37(16-5-1)49-36-50(38-17-6-2-7-18-38)60-58(59-49)62-52-25-13-11-22-45(52)46-33-39(27-30-54(46)62)40-29-32-55-48(34-40)57-43(23-14-26-56(57)63-55)41-28-31-53-47(35-41)44-21-10-12-24-51(44)61(53)42-19-8-3-9-20-42/h1-36H. The second-order valence-corrected chi connectivity index (χ2v) is 16.2. The van der Waals surface area contributed by atoms with E-state index in [0.717, 1.165) is 94.2 Å². The number of rotatable bonds is 6. The first-order chi connectivity index (χ1) is 31.2. The molecule has 0 aliphatic rings. The van der Waals surface area contributed by atoms with Gasteiger partial charge in [0.05, 0.1) is 33.5 Å². The average Bonchev–Trinajstić information content (AvgIpc) is 4.02. The Hall–Kier alpha value is -8.54. The Kier molecular flexibility index (Phi) is 7.84. The number of benzene rings is 9. The number of fused-ring (bicyclic) bond motifs is 9. The summed E-state index contributed by atoms with van der Waals surface area (Å²) in [5, 5.41) is 6.94. The molecule has 13 aromatic rings. The van der Waals surface area contributed by atoms with Crippen LogP contribution in [0, 0.1) is 0 Å². The van der Waals surface area contributed by atoms with Gasteiger partial charge in [0.2, 0.25) is 5.95 Å². The molecule has 0 aliphatic heterocycles. The van der Waals surface area contributed by atoms with Gasteiger partial charge in [-0.05, 0) is 95.1 Å². The van der Waals surface area contributed by atoms with E-state index >= 15 is 0 Å². The summed E-state index contributed by atoms with van der Waals surface area (Å²) < 4.78 is 11.1. The highest BCUT2D eigenvalue weighted by Crippen LogP contribution is 2.42. The molecule has 0 fully saturated rings. The number of aromatic nitrogens is 4. The third kappa shape index (κ3) is 5.64. The summed E-state index contributed by atoms with van der Waals surface area (Å²) in [7, 11) is 0. The summed E-state index contributed by atoms with van der Waals surface area (Å²) in [4.78, 5) is 10.5. The molecule has 0 bridgehead atoms. The van der Waals surface area contributed by atoms with Gasteiger partial charge in [-0.25, -0.2) is 9.97 Å². The average molecular weight is 805 g/mol. The molecule has 0 N–H and O–H groups in total. The topological polar surface area (TPSA) is 48.8 Å². The molecule has 0 saturated heterocycles. The van der Waals surface area contributed by atoms with Crippen LogP contribution in [0.3, 0.4) is 0 Å². The fourth-order valence-corrected chi connectivity index (χ4v) is 9.66. The van der Waals surface area contributed by atoms with E-state index < -0.39 is 0 Å². The first-order valence-corrected chi connectivity index (χ1v) is 21.3. The third-order valence-corrected chi connectivity index (χ3v) is 12.6. The number of furan rings is 1. The number of para-hydroxylation sites is 3. The van der Waals surface area contributed by atoms with Gasteiger partial charge in [-0.3, -0.25) is 4.57 Å². The minimum Gasteiger partial charge on any atom is -0.456 e. The fourth-order valence-electron chi connectivity index (χ4n) is 9.66. The van der Waals surface area contributed by atoms with Crippen molar-refractivity contribution < 1.29 is 4.42 Å². The Bertz CT molecular complexity index is 3840. The predicted octanol–water partition coefficient (Wildman–Crippen LogP) is 15.2. The van der Waals surface area contributed by atoms with Crippen molar-refractivity contribution in [2.24, 2.45) is 0 Å². The summed E-state index contributed by atoms with van der Waals surface area (Å²) in [6.07, 6.45) is 0. The van der Waals surface area contributed by atoms with Crippen LogP contribution < -0.4 is 0 Å². The third-order valence-electron chi connectivity index (χ3n) is 12.6. The van der Waals surface area contributed by atoms with E-state index in [2.05, 4.69) is 215 Å². The van der Waals surface area contributed by atoms with Crippen molar-refractivity contribution in [2.45, 2.75) is 0 Å². The molecule has 5 nitrogen and oxygen atoms in total. The molecule has 4 aromatic heterocycles. The summed E-state index contributed by atoms with van der Waals surface area (Å²) in [5.74, 6) is 0.635. The van der Waals surface area contributed by atoms with Crippen molar-refractivity contribution in [1.82, 2.24) is 19.1 Å². The van der Waals surface area contributed by atoms with Crippen molar-refractivity contribution in [3.8, 4) is 56.4 Å². The summed E-state index contributed by atoms with van der Waals surface area (Å²) in [6, 6.07) is 77.3. The zero-order chi connectivity index (χ0) is 41.4. The maximum Gasteiger partial charge on any atom is 0.235 e. The molecule has 0 aliphatic carbocycles. The van der Waals surface area contributed by atoms with Crippen LogP contribution in [0.1, 0.15) is 0 Å². The van der Waals surface area contributed by atoms with E-state index in [1.165, 1.54) is 21.8 Å². The van der Waals surface area contributed by atoms with Crippen LogP contribution in [0.5, 0.6) is 0 Å². The maximum atomic E-state index is 6.57. The molecular formula is C58H36N4O. The number of hydrogen-bond donors (Lipinski definition) is 0. The second kappa shape index (κ2) is 14.0. The van der Waals surface area contributed by atoms with E-state index in [1.807, 2.05) is 12.1 Å². The zero-order valence-corrected chi connectivity index (χ0v) is 34.0. The monoisotopic (exact) mass is 804 g/mol. The molecule has 0 spiro atoms. The largest absolute Gasteiger partial charge is 0.456 e. The molecule has 63 heavy (non-hydrogen) atoms. The van der Waals surface area contributed by atoms with Gasteiger partial charge < -0.3 is 8.98 Å². The summed E-state index contributed by atoms with van der Waals surface area (Å²) in [5.41, 5.74) is 15.7. The van der Waals surface area contributed by atoms with Crippen LogP contribution in [0.25, 0.3) is 122 Å². The Morgan fingerprint density at radius 2 is 0.825 bits per heavy atom. The highest BCUT2D eigenvalue weighted by Gasteiger charge is 2.20. The van der Waals surface area contributed by atoms with Crippen molar-refractivity contribution in [3.63, 3.8) is 0 Å². The Morgan fingerprint density at radius 3 is 1.49 bits per heavy atom. The SMILES string of the molecule is c1ccc(-c2cc(-c3ccccc3)nc(-n3c4ccccc4c4cc(-c5ccc6oc7cccc(-c8ccc9c(c8)c8ccccc8n9-c8ccccc8)c7c6c5)ccc43)n2)cc1. The van der Waals surface area contributed by atoms with E-state index in [1.54, 1.807) is 0 Å². The van der Waals surface area contributed by atoms with Crippen molar-refractivity contribution in [1.29, 1.82) is 0 Å². The van der Waals surface area contributed by atoms with Gasteiger partial charge in [0.15, 0.2) is 0 Å². The summed E-state index contributed by atoms with van der Waals surface area (Å²) in [6.45, 7) is 0. The minimum absolute atomic E-state index is 0.635. The molecule has 9 aromatic carbocycles. The first kappa shape index (κ1) is 35.2. The Morgan fingerprint density at radius 1 is 0.317 bits per heavy atom. The zero-order valence-electron chi connectivity index (χ0n) is 34.0. The van der Waals surface area contributed by atoms with Crippen LogP contribution in [0.15, 0.2) is 223 Å². The quantitative estimate of drug-likeness (QED) is 0.168. The minimum atomic E-state index is 0.635. The van der Waals surface area contributed by atoms with E-state index in [0.29, 0.717) is 5.95 Å². The van der Waals surface area contributed by atoms with Gasteiger partial charge in [-0.15, -0.1) is 0 Å². The van der Waals surface area contributed by atoms with Crippen LogP contribution in [-0.4, -0.2) is 19.1 Å². The molecule has 0 unspecified atom stereocenters. The lowest BCUT2D eigenvalue weighted by Crippen LogP contribution is -2.03. The summed E-state index contributed by atoms with van der Waals surface area (Å²) >= 11 is 0. The second-order valence-electron chi connectivity index (χ2n) is 16.2. The molecule has 0 radical (unpaired) electrons. The van der Waals surface area contributed by atoms with Gasteiger partial charge in [0.25, 0.3) is 0 Å². The van der Waals surface area contributed by atoms with E-state index in [-0.39, 0.29) is 0 Å². The number of hydrogen-bond acceptors (Lipinski definition) is 3. The van der Waals surface area contributed by atoms with E-state index in [4.69, 9.17) is 14.4 Å². The molecule has 13 rings (SSSR count). The van der Waals surface area contributed by atoms with Crippen LogP contribution in [-0.2, 0) is 0 Å².